The molecule has 0 N–H and O–H groups in total. The molecule has 1 aliphatic rings. The van der Waals surface area contributed by atoms with Gasteiger partial charge in [0.1, 0.15) is 0 Å². The maximum atomic E-state index is 2.44. The van der Waals surface area contributed by atoms with E-state index in [1.54, 1.807) is 0 Å². The molecule has 366 valence electrons. The summed E-state index contributed by atoms with van der Waals surface area (Å²) in [6.07, 6.45) is 9.06. The van der Waals surface area contributed by atoms with Crippen LogP contribution in [0.4, 0.5) is 28.4 Å². The van der Waals surface area contributed by atoms with E-state index in [0.717, 1.165) is 58.1 Å². The molecule has 13 aromatic rings. The first kappa shape index (κ1) is 45.7. The minimum absolute atomic E-state index is 0.697. The van der Waals surface area contributed by atoms with Crippen molar-refractivity contribution in [2.45, 2.75) is 19.4 Å². The minimum atomic E-state index is 0.697. The summed E-state index contributed by atoms with van der Waals surface area (Å²) in [5, 5.41) is 4.99. The Labute approximate surface area is 449 Å². The summed E-state index contributed by atoms with van der Waals surface area (Å²) < 4.78 is 4.81. The van der Waals surface area contributed by atoms with E-state index in [2.05, 4.69) is 310 Å². The van der Waals surface area contributed by atoms with Crippen molar-refractivity contribution in [2.24, 2.45) is 0 Å². The quantitative estimate of drug-likeness (QED) is 0.121. The molecule has 2 aromatic heterocycles. The van der Waals surface area contributed by atoms with E-state index in [0.29, 0.717) is 6.54 Å². The first-order valence-corrected chi connectivity index (χ1v) is 26.8. The van der Waals surface area contributed by atoms with Gasteiger partial charge in [-0.2, -0.15) is 0 Å². The van der Waals surface area contributed by atoms with Crippen LogP contribution in [0.1, 0.15) is 18.4 Å². The fraction of sp³-hybridized carbons (Fsp3) is 0.0411. The van der Waals surface area contributed by atoms with Gasteiger partial charge in [-0.05, 0) is 161 Å². The second kappa shape index (κ2) is 19.7. The highest BCUT2D eigenvalue weighted by Gasteiger charge is 2.20. The second-order valence-corrected chi connectivity index (χ2v) is 20.0. The van der Waals surface area contributed by atoms with E-state index in [9.17, 15) is 0 Å². The number of rotatable bonds is 12. The lowest BCUT2D eigenvalue weighted by Crippen LogP contribution is -2.16. The summed E-state index contributed by atoms with van der Waals surface area (Å²) in [7, 11) is 0. The van der Waals surface area contributed by atoms with E-state index in [1.165, 1.54) is 77.1 Å². The van der Waals surface area contributed by atoms with Gasteiger partial charge in [0.05, 0.1) is 22.1 Å². The normalized spacial score (nSPS) is 12.4. The van der Waals surface area contributed by atoms with E-state index < -0.39 is 0 Å². The Morgan fingerprint density at radius 3 is 1.26 bits per heavy atom. The SMILES string of the molecule is C1=CC(n2c3ccccc3c3cc(N(c4ccc(-c5ccccc5)cc4)c4ccc(-c5ccc(N(Cc6ccc7c(c6)c6ccccc6n7-c6ccccc6)c6ccc(-c7ccccc7)cc6)cc5)cc4)ccc32)=CCC1. The van der Waals surface area contributed by atoms with Gasteiger partial charge < -0.3 is 18.9 Å². The molecule has 0 spiro atoms. The lowest BCUT2D eigenvalue weighted by atomic mass is 10.0. The third-order valence-electron chi connectivity index (χ3n) is 15.4. The summed E-state index contributed by atoms with van der Waals surface area (Å²) in [6.45, 7) is 0.697. The first-order valence-electron chi connectivity index (χ1n) is 26.8. The predicted molar refractivity (Wildman–Crippen MR) is 326 cm³/mol. The molecule has 0 aliphatic heterocycles. The minimum Gasteiger partial charge on any atom is -0.337 e. The number of para-hydroxylation sites is 3. The molecular weight excluding hydrogens is 933 g/mol. The number of hydrogen-bond acceptors (Lipinski definition) is 2. The van der Waals surface area contributed by atoms with Crippen LogP contribution in [0, 0.1) is 0 Å². The monoisotopic (exact) mass is 986 g/mol. The predicted octanol–water partition coefficient (Wildman–Crippen LogP) is 19.9. The standard InChI is InChI=1S/C73H54N4/c1-5-17-53(18-6-1)55-30-38-59(39-31-55)74(51-52-29-47-72-68(49-52)66-25-13-15-27-70(66)76(72)61-21-9-3-10-22-61)60-40-32-57(33-41-60)58-36-44-64(45-37-58)75(63-42-34-56(35-43-63)54-19-7-2-8-20-54)65-46-48-73-69(50-65)67-26-14-16-28-71(67)77(73)62-23-11-4-12-24-62/h1-3,5-11,13-50H,4,12,51H2. The van der Waals surface area contributed by atoms with Gasteiger partial charge in [-0.15, -0.1) is 0 Å². The van der Waals surface area contributed by atoms with Crippen molar-refractivity contribution in [2.75, 3.05) is 9.80 Å². The van der Waals surface area contributed by atoms with E-state index in [-0.39, 0.29) is 0 Å². The van der Waals surface area contributed by atoms with Gasteiger partial charge >= 0.3 is 0 Å². The molecule has 0 radical (unpaired) electrons. The van der Waals surface area contributed by atoms with E-state index >= 15 is 0 Å². The van der Waals surface area contributed by atoms with Crippen LogP contribution in [0.15, 0.2) is 291 Å². The third-order valence-corrected chi connectivity index (χ3v) is 15.4. The summed E-state index contributed by atoms with van der Waals surface area (Å²) in [6, 6.07) is 99.6. The molecule has 4 nitrogen and oxygen atoms in total. The molecular formula is C73H54N4. The van der Waals surface area contributed by atoms with Crippen LogP contribution >= 0.6 is 0 Å². The molecule has 11 aromatic carbocycles. The highest BCUT2D eigenvalue weighted by molar-refractivity contribution is 6.12. The molecule has 0 atom stereocenters. The Kier molecular flexibility index (Phi) is 11.7. The Balaban J connectivity index is 0.816. The van der Waals surface area contributed by atoms with Crippen LogP contribution in [0.3, 0.4) is 0 Å². The molecule has 0 saturated heterocycles. The van der Waals surface area contributed by atoms with Crippen molar-refractivity contribution in [1.82, 2.24) is 9.13 Å². The Morgan fingerprint density at radius 1 is 0.312 bits per heavy atom. The molecule has 4 heteroatoms. The summed E-state index contributed by atoms with van der Waals surface area (Å²) in [4.78, 5) is 4.84. The molecule has 1 aliphatic carbocycles. The van der Waals surface area contributed by atoms with Crippen LogP contribution in [-0.4, -0.2) is 9.13 Å². The zero-order valence-corrected chi connectivity index (χ0v) is 42.6. The van der Waals surface area contributed by atoms with Crippen LogP contribution in [0.5, 0.6) is 0 Å². The number of hydrogen-bond donors (Lipinski definition) is 0. The van der Waals surface area contributed by atoms with Gasteiger partial charge in [0.15, 0.2) is 0 Å². The topological polar surface area (TPSA) is 16.3 Å². The second-order valence-electron chi connectivity index (χ2n) is 20.0. The number of aromatic nitrogens is 2. The van der Waals surface area contributed by atoms with Gasteiger partial charge in [0, 0.05) is 67.9 Å². The molecule has 14 rings (SSSR count). The van der Waals surface area contributed by atoms with Crippen LogP contribution in [-0.2, 0) is 6.54 Å². The Bertz CT molecular complexity index is 4300. The molecule has 0 amide bonds. The average molecular weight is 987 g/mol. The highest BCUT2D eigenvalue weighted by atomic mass is 15.1. The lowest BCUT2D eigenvalue weighted by molar-refractivity contribution is 0.977. The largest absolute Gasteiger partial charge is 0.337 e. The molecule has 77 heavy (non-hydrogen) atoms. The van der Waals surface area contributed by atoms with Gasteiger partial charge in [-0.1, -0.05) is 182 Å². The fourth-order valence-corrected chi connectivity index (χ4v) is 11.6. The summed E-state index contributed by atoms with van der Waals surface area (Å²) in [5.74, 6) is 0. The maximum absolute atomic E-state index is 2.44. The van der Waals surface area contributed by atoms with Gasteiger partial charge in [0.2, 0.25) is 0 Å². The average Bonchev–Trinajstić information content (AvgIpc) is 4.13. The fourth-order valence-electron chi connectivity index (χ4n) is 11.6. The molecule has 0 saturated carbocycles. The highest BCUT2D eigenvalue weighted by Crippen LogP contribution is 2.42. The zero-order valence-electron chi connectivity index (χ0n) is 42.6. The van der Waals surface area contributed by atoms with Crippen molar-refractivity contribution in [1.29, 1.82) is 0 Å². The van der Waals surface area contributed by atoms with Crippen LogP contribution < -0.4 is 9.80 Å². The van der Waals surface area contributed by atoms with Gasteiger partial charge in [-0.25, -0.2) is 0 Å². The molecule has 0 unspecified atom stereocenters. The van der Waals surface area contributed by atoms with Crippen molar-refractivity contribution >= 4 is 77.7 Å². The third kappa shape index (κ3) is 8.56. The number of nitrogens with zero attached hydrogens (tertiary/aromatic N) is 4. The summed E-state index contributed by atoms with van der Waals surface area (Å²) in [5.41, 5.74) is 21.2. The summed E-state index contributed by atoms with van der Waals surface area (Å²) >= 11 is 0. The molecule has 0 fully saturated rings. The molecule has 0 bridgehead atoms. The van der Waals surface area contributed by atoms with Gasteiger partial charge in [-0.3, -0.25) is 0 Å². The number of allylic oxidation sites excluding steroid dienone is 4. The van der Waals surface area contributed by atoms with Crippen molar-refractivity contribution in [3.8, 4) is 39.1 Å². The van der Waals surface area contributed by atoms with Crippen LogP contribution in [0.2, 0.25) is 0 Å². The zero-order chi connectivity index (χ0) is 51.1. The number of benzene rings is 11. The Hall–Kier alpha value is -9.90. The first-order chi connectivity index (χ1) is 38.2. The Morgan fingerprint density at radius 2 is 0.727 bits per heavy atom. The number of fused-ring (bicyclic) bond motifs is 6. The molecule has 2 heterocycles. The smallest absolute Gasteiger partial charge is 0.0542 e. The maximum Gasteiger partial charge on any atom is 0.0542 e. The van der Waals surface area contributed by atoms with Gasteiger partial charge in [0.25, 0.3) is 0 Å². The van der Waals surface area contributed by atoms with E-state index in [4.69, 9.17) is 0 Å². The van der Waals surface area contributed by atoms with Crippen molar-refractivity contribution in [3.05, 3.63) is 297 Å². The number of anilines is 5. The van der Waals surface area contributed by atoms with E-state index in [1.807, 2.05) is 0 Å². The van der Waals surface area contributed by atoms with Crippen LogP contribution in [0.25, 0.3) is 88.4 Å². The van der Waals surface area contributed by atoms with Crippen molar-refractivity contribution < 1.29 is 0 Å². The van der Waals surface area contributed by atoms with Crippen molar-refractivity contribution in [3.63, 3.8) is 0 Å². The lowest BCUT2D eigenvalue weighted by Gasteiger charge is -2.27.